The first kappa shape index (κ1) is 15.3. The van der Waals surface area contributed by atoms with Gasteiger partial charge in [-0.05, 0) is 11.3 Å². The van der Waals surface area contributed by atoms with Crippen molar-refractivity contribution in [1.29, 1.82) is 0 Å². The third-order valence-electron chi connectivity index (χ3n) is 4.80. The van der Waals surface area contributed by atoms with E-state index >= 15 is 0 Å². The first-order valence-corrected chi connectivity index (χ1v) is 8.89. The second-order valence-corrected chi connectivity index (χ2v) is 9.99. The largest absolute Gasteiger partial charge is 0.395 e. The Morgan fingerprint density at radius 3 is 2.25 bits per heavy atom. The number of hydrogen-bond donors (Lipinski definition) is 1. The van der Waals surface area contributed by atoms with Gasteiger partial charge in [-0.25, -0.2) is 0 Å². The Kier molecular flexibility index (Phi) is 4.09. The van der Waals surface area contributed by atoms with E-state index in [2.05, 4.69) is 56.9 Å². The van der Waals surface area contributed by atoms with E-state index in [1.807, 2.05) is 6.20 Å². The number of rotatable bonds is 5. The van der Waals surface area contributed by atoms with Crippen LogP contribution in [0, 0.1) is 5.92 Å². The zero-order valence-electron chi connectivity index (χ0n) is 13.3. The summed E-state index contributed by atoms with van der Waals surface area (Å²) in [5.41, 5.74) is 0. The normalized spacial score (nSPS) is 13.3. The highest BCUT2D eigenvalue weighted by molar-refractivity contribution is 6.85. The van der Waals surface area contributed by atoms with Crippen LogP contribution < -0.4 is 5.32 Å². The monoisotopic (exact) mass is 291 g/mol. The molecule has 4 heteroatoms. The molecule has 1 heterocycles. The molecule has 1 N–H and O–H groups in total. The molecular formula is C16H25NO2Si. The summed E-state index contributed by atoms with van der Waals surface area (Å²) in [7, 11) is 0.969. The average molecular weight is 291 g/mol. The van der Waals surface area contributed by atoms with E-state index < -0.39 is 8.56 Å². The summed E-state index contributed by atoms with van der Waals surface area (Å²) in [4.78, 5) is 3.43. The SMILES string of the molecule is CO[Si](OC)(c1[nH]cc2ccccc12)C(C)(C)C(C)C. The third kappa shape index (κ3) is 2.03. The lowest BCUT2D eigenvalue weighted by atomic mass is 9.99. The van der Waals surface area contributed by atoms with E-state index in [9.17, 15) is 0 Å². The third-order valence-corrected chi connectivity index (χ3v) is 9.29. The minimum atomic E-state index is -2.58. The molecule has 0 aliphatic rings. The van der Waals surface area contributed by atoms with Gasteiger partial charge in [-0.3, -0.25) is 0 Å². The van der Waals surface area contributed by atoms with E-state index in [4.69, 9.17) is 8.85 Å². The molecule has 0 radical (unpaired) electrons. The molecule has 0 aliphatic carbocycles. The molecule has 0 fully saturated rings. The van der Waals surface area contributed by atoms with E-state index in [0.29, 0.717) is 5.92 Å². The number of benzene rings is 1. The zero-order valence-corrected chi connectivity index (χ0v) is 14.3. The van der Waals surface area contributed by atoms with Gasteiger partial charge in [0.15, 0.2) is 0 Å². The van der Waals surface area contributed by atoms with E-state index in [-0.39, 0.29) is 5.04 Å². The van der Waals surface area contributed by atoms with E-state index in [1.54, 1.807) is 14.2 Å². The maximum absolute atomic E-state index is 6.05. The summed E-state index contributed by atoms with van der Waals surface area (Å²) in [5, 5.41) is 3.48. The number of aromatic amines is 1. The van der Waals surface area contributed by atoms with Crippen molar-refractivity contribution in [2.45, 2.75) is 32.7 Å². The number of aromatic nitrogens is 1. The van der Waals surface area contributed by atoms with Gasteiger partial charge in [-0.2, -0.15) is 0 Å². The summed E-state index contributed by atoms with van der Waals surface area (Å²) in [6.07, 6.45) is 2.04. The van der Waals surface area contributed by atoms with Crippen molar-refractivity contribution in [3.05, 3.63) is 30.5 Å². The molecule has 0 amide bonds. The molecule has 1 aromatic heterocycles. The minimum absolute atomic E-state index is 0.0515. The van der Waals surface area contributed by atoms with Crippen molar-refractivity contribution in [2.75, 3.05) is 14.2 Å². The topological polar surface area (TPSA) is 34.2 Å². The van der Waals surface area contributed by atoms with Gasteiger partial charge in [0.2, 0.25) is 0 Å². The molecule has 20 heavy (non-hydrogen) atoms. The lowest BCUT2D eigenvalue weighted by Gasteiger charge is -2.43. The van der Waals surface area contributed by atoms with Crippen LogP contribution in [0.1, 0.15) is 27.7 Å². The zero-order chi connectivity index (χ0) is 15.0. The molecule has 110 valence electrons. The van der Waals surface area contributed by atoms with Crippen LogP contribution >= 0.6 is 0 Å². The fourth-order valence-corrected chi connectivity index (χ4v) is 6.74. The highest BCUT2D eigenvalue weighted by atomic mass is 28.4. The van der Waals surface area contributed by atoms with Gasteiger partial charge >= 0.3 is 8.56 Å². The predicted octanol–water partition coefficient (Wildman–Crippen LogP) is 3.55. The van der Waals surface area contributed by atoms with Gasteiger partial charge in [0, 0.05) is 30.8 Å². The molecular weight excluding hydrogens is 266 g/mol. The van der Waals surface area contributed by atoms with Crippen molar-refractivity contribution in [3.63, 3.8) is 0 Å². The second-order valence-electron chi connectivity index (χ2n) is 6.15. The Labute approximate surface area is 122 Å². The van der Waals surface area contributed by atoms with Crippen LogP contribution in [0.4, 0.5) is 0 Å². The summed E-state index contributed by atoms with van der Waals surface area (Å²) in [6, 6.07) is 8.36. The van der Waals surface area contributed by atoms with Crippen LogP contribution in [0.25, 0.3) is 10.8 Å². The lowest BCUT2D eigenvalue weighted by molar-refractivity contribution is 0.206. The van der Waals surface area contributed by atoms with Gasteiger partial charge in [-0.15, -0.1) is 0 Å². The Bertz CT molecular complexity index is 585. The Hall–Kier alpha value is -1.10. The first-order chi connectivity index (χ1) is 9.40. The van der Waals surface area contributed by atoms with Crippen LogP contribution in [0.15, 0.2) is 30.5 Å². The number of nitrogens with one attached hydrogen (secondary N) is 1. The maximum Gasteiger partial charge on any atom is 0.395 e. The average Bonchev–Trinajstić information content (AvgIpc) is 2.85. The Morgan fingerprint density at radius 2 is 1.70 bits per heavy atom. The lowest BCUT2D eigenvalue weighted by Crippen LogP contribution is -2.62. The Balaban J connectivity index is 2.70. The van der Waals surface area contributed by atoms with E-state index in [0.717, 1.165) is 5.32 Å². The van der Waals surface area contributed by atoms with Gasteiger partial charge in [0.05, 0.1) is 5.32 Å². The van der Waals surface area contributed by atoms with Gasteiger partial charge in [-0.1, -0.05) is 52.0 Å². The smallest absolute Gasteiger partial charge is 0.393 e. The van der Waals surface area contributed by atoms with Crippen LogP contribution in [-0.4, -0.2) is 27.8 Å². The van der Waals surface area contributed by atoms with Gasteiger partial charge in [0.1, 0.15) is 0 Å². The quantitative estimate of drug-likeness (QED) is 0.855. The second kappa shape index (κ2) is 5.35. The van der Waals surface area contributed by atoms with Crippen LogP contribution in [0.5, 0.6) is 0 Å². The van der Waals surface area contributed by atoms with Gasteiger partial charge in [0.25, 0.3) is 0 Å². The standard InChI is InChI=1S/C16H25NO2Si/c1-12(2)16(3,4)20(18-5,19-6)15-14-10-8-7-9-13(14)11-17-15/h7-12,17H,1-6H3. The van der Waals surface area contributed by atoms with Crippen molar-refractivity contribution >= 4 is 24.7 Å². The summed E-state index contributed by atoms with van der Waals surface area (Å²) in [5.74, 6) is 0.455. The molecule has 0 aliphatic heterocycles. The molecule has 0 saturated carbocycles. The van der Waals surface area contributed by atoms with Gasteiger partial charge < -0.3 is 13.8 Å². The van der Waals surface area contributed by atoms with Crippen molar-refractivity contribution in [1.82, 2.24) is 4.98 Å². The minimum Gasteiger partial charge on any atom is -0.393 e. The number of H-pyrrole nitrogens is 1. The molecule has 2 rings (SSSR count). The number of fused-ring (bicyclic) bond motifs is 1. The fraction of sp³-hybridized carbons (Fsp3) is 0.500. The molecule has 3 nitrogen and oxygen atoms in total. The summed E-state index contributed by atoms with van der Waals surface area (Å²) in [6.45, 7) is 8.94. The summed E-state index contributed by atoms with van der Waals surface area (Å²) >= 11 is 0. The van der Waals surface area contributed by atoms with Crippen molar-refractivity contribution in [3.8, 4) is 0 Å². The molecule has 0 bridgehead atoms. The molecule has 1 aromatic carbocycles. The highest BCUT2D eigenvalue weighted by Crippen LogP contribution is 2.45. The molecule has 0 spiro atoms. The first-order valence-electron chi connectivity index (χ1n) is 7.07. The van der Waals surface area contributed by atoms with E-state index in [1.165, 1.54) is 10.8 Å². The molecule has 0 unspecified atom stereocenters. The Morgan fingerprint density at radius 1 is 1.10 bits per heavy atom. The highest BCUT2D eigenvalue weighted by Gasteiger charge is 2.55. The van der Waals surface area contributed by atoms with Crippen molar-refractivity contribution < 1.29 is 8.85 Å². The fourth-order valence-electron chi connectivity index (χ4n) is 2.87. The van der Waals surface area contributed by atoms with Crippen LogP contribution in [-0.2, 0) is 8.85 Å². The number of hydrogen-bond acceptors (Lipinski definition) is 2. The molecule has 2 aromatic rings. The maximum atomic E-state index is 6.05. The molecule has 0 atom stereocenters. The predicted molar refractivity (Wildman–Crippen MR) is 86.6 cm³/mol. The van der Waals surface area contributed by atoms with Crippen LogP contribution in [0.2, 0.25) is 5.04 Å². The van der Waals surface area contributed by atoms with Crippen LogP contribution in [0.3, 0.4) is 0 Å². The summed E-state index contributed by atoms with van der Waals surface area (Å²) < 4.78 is 12.1. The molecule has 0 saturated heterocycles. The van der Waals surface area contributed by atoms with Crippen molar-refractivity contribution in [2.24, 2.45) is 5.92 Å².